The van der Waals surface area contributed by atoms with E-state index in [4.69, 9.17) is 17.3 Å². The van der Waals surface area contributed by atoms with Crippen molar-refractivity contribution in [1.29, 1.82) is 0 Å². The SMILES string of the molecule is CC(CCCN)c1nc2c(Cl)cccc2[nH]1. The molecule has 86 valence electrons. The summed E-state index contributed by atoms with van der Waals surface area (Å²) >= 11 is 6.08. The molecular weight excluding hydrogens is 222 g/mol. The first kappa shape index (κ1) is 11.4. The number of benzene rings is 1. The molecule has 0 aliphatic rings. The smallest absolute Gasteiger partial charge is 0.110 e. The number of rotatable bonds is 4. The number of nitrogens with zero attached hydrogens (tertiary/aromatic N) is 1. The zero-order valence-electron chi connectivity index (χ0n) is 9.33. The van der Waals surface area contributed by atoms with Crippen LogP contribution in [0.2, 0.25) is 5.02 Å². The third-order valence-electron chi connectivity index (χ3n) is 2.79. The normalized spacial score (nSPS) is 13.2. The predicted octanol–water partition coefficient (Wildman–Crippen LogP) is 3.06. The van der Waals surface area contributed by atoms with Gasteiger partial charge in [0.05, 0.1) is 10.5 Å². The number of aromatic amines is 1. The quantitative estimate of drug-likeness (QED) is 0.859. The molecule has 2 rings (SSSR count). The van der Waals surface area contributed by atoms with Gasteiger partial charge in [-0.05, 0) is 31.5 Å². The molecule has 3 nitrogen and oxygen atoms in total. The highest BCUT2D eigenvalue weighted by Crippen LogP contribution is 2.25. The van der Waals surface area contributed by atoms with Gasteiger partial charge in [-0.1, -0.05) is 24.6 Å². The summed E-state index contributed by atoms with van der Waals surface area (Å²) < 4.78 is 0. The monoisotopic (exact) mass is 237 g/mol. The molecule has 16 heavy (non-hydrogen) atoms. The Bertz CT molecular complexity index is 478. The number of aromatic nitrogens is 2. The van der Waals surface area contributed by atoms with E-state index in [1.54, 1.807) is 0 Å². The van der Waals surface area contributed by atoms with E-state index in [-0.39, 0.29) is 0 Å². The van der Waals surface area contributed by atoms with Crippen molar-refractivity contribution in [3.05, 3.63) is 29.0 Å². The lowest BCUT2D eigenvalue weighted by Crippen LogP contribution is -2.02. The molecule has 0 aliphatic carbocycles. The van der Waals surface area contributed by atoms with Crippen LogP contribution < -0.4 is 5.73 Å². The van der Waals surface area contributed by atoms with Gasteiger partial charge in [-0.2, -0.15) is 0 Å². The number of H-pyrrole nitrogens is 1. The van der Waals surface area contributed by atoms with Crippen LogP contribution in [0.3, 0.4) is 0 Å². The molecule has 0 bridgehead atoms. The highest BCUT2D eigenvalue weighted by Gasteiger charge is 2.11. The van der Waals surface area contributed by atoms with Crippen molar-refractivity contribution in [2.24, 2.45) is 5.73 Å². The minimum absolute atomic E-state index is 0.395. The fourth-order valence-corrected chi connectivity index (χ4v) is 2.03. The highest BCUT2D eigenvalue weighted by atomic mass is 35.5. The fraction of sp³-hybridized carbons (Fsp3) is 0.417. The average Bonchev–Trinajstić information content (AvgIpc) is 2.71. The number of nitrogens with one attached hydrogen (secondary N) is 1. The summed E-state index contributed by atoms with van der Waals surface area (Å²) in [7, 11) is 0. The van der Waals surface area contributed by atoms with Crippen LogP contribution in [0.15, 0.2) is 18.2 Å². The van der Waals surface area contributed by atoms with Gasteiger partial charge in [0.2, 0.25) is 0 Å². The molecule has 0 amide bonds. The molecule has 0 spiro atoms. The lowest BCUT2D eigenvalue weighted by molar-refractivity contribution is 0.616. The molecule has 1 unspecified atom stereocenters. The maximum absolute atomic E-state index is 6.08. The van der Waals surface area contributed by atoms with Crippen LogP contribution in [0.5, 0.6) is 0 Å². The van der Waals surface area contributed by atoms with E-state index < -0.39 is 0 Å². The van der Waals surface area contributed by atoms with Gasteiger partial charge in [-0.3, -0.25) is 0 Å². The second-order valence-electron chi connectivity index (χ2n) is 4.09. The third-order valence-corrected chi connectivity index (χ3v) is 3.09. The van der Waals surface area contributed by atoms with Crippen molar-refractivity contribution in [2.45, 2.75) is 25.7 Å². The van der Waals surface area contributed by atoms with Crippen molar-refractivity contribution in [3.63, 3.8) is 0 Å². The van der Waals surface area contributed by atoms with Crippen LogP contribution >= 0.6 is 11.6 Å². The maximum atomic E-state index is 6.08. The Morgan fingerprint density at radius 1 is 1.50 bits per heavy atom. The number of para-hydroxylation sites is 1. The molecule has 4 heteroatoms. The predicted molar refractivity (Wildman–Crippen MR) is 67.8 cm³/mol. The molecule has 1 aromatic heterocycles. The second kappa shape index (κ2) is 4.85. The topological polar surface area (TPSA) is 54.7 Å². The summed E-state index contributed by atoms with van der Waals surface area (Å²) in [5.74, 6) is 1.39. The molecule has 1 aromatic carbocycles. The Morgan fingerprint density at radius 2 is 2.31 bits per heavy atom. The lowest BCUT2D eigenvalue weighted by atomic mass is 10.1. The van der Waals surface area contributed by atoms with Gasteiger partial charge < -0.3 is 10.7 Å². The van der Waals surface area contributed by atoms with Crippen LogP contribution in [0.4, 0.5) is 0 Å². The van der Waals surface area contributed by atoms with Crippen LogP contribution in [-0.4, -0.2) is 16.5 Å². The number of imidazole rings is 1. The van der Waals surface area contributed by atoms with Crippen molar-refractivity contribution < 1.29 is 0 Å². The Balaban J connectivity index is 2.29. The highest BCUT2D eigenvalue weighted by molar-refractivity contribution is 6.34. The Labute approximate surface area is 100 Å². The molecule has 1 heterocycles. The van der Waals surface area contributed by atoms with Crippen LogP contribution in [0.1, 0.15) is 31.5 Å². The lowest BCUT2D eigenvalue weighted by Gasteiger charge is -2.06. The first-order valence-corrected chi connectivity index (χ1v) is 5.94. The van der Waals surface area contributed by atoms with E-state index in [9.17, 15) is 0 Å². The van der Waals surface area contributed by atoms with Crippen molar-refractivity contribution in [1.82, 2.24) is 9.97 Å². The Kier molecular flexibility index (Phi) is 3.46. The number of hydrogen-bond donors (Lipinski definition) is 2. The number of nitrogens with two attached hydrogens (primary N) is 1. The molecule has 3 N–H and O–H groups in total. The van der Waals surface area contributed by atoms with Gasteiger partial charge in [0.25, 0.3) is 0 Å². The molecular formula is C12H16ClN3. The van der Waals surface area contributed by atoms with E-state index in [2.05, 4.69) is 16.9 Å². The minimum Gasteiger partial charge on any atom is -0.342 e. The first-order chi connectivity index (χ1) is 7.72. The third kappa shape index (κ3) is 2.20. The summed E-state index contributed by atoms with van der Waals surface area (Å²) in [6.07, 6.45) is 2.07. The van der Waals surface area contributed by atoms with Crippen LogP contribution in [-0.2, 0) is 0 Å². The zero-order chi connectivity index (χ0) is 11.5. The molecule has 0 saturated heterocycles. The average molecular weight is 238 g/mol. The van der Waals surface area contributed by atoms with Gasteiger partial charge in [0.15, 0.2) is 0 Å². The largest absolute Gasteiger partial charge is 0.342 e. The summed E-state index contributed by atoms with van der Waals surface area (Å²) in [6, 6.07) is 5.78. The van der Waals surface area contributed by atoms with E-state index in [0.717, 1.165) is 36.2 Å². The van der Waals surface area contributed by atoms with Gasteiger partial charge in [-0.25, -0.2) is 4.98 Å². The summed E-state index contributed by atoms with van der Waals surface area (Å²) in [5.41, 5.74) is 7.36. The minimum atomic E-state index is 0.395. The van der Waals surface area contributed by atoms with Crippen molar-refractivity contribution in [2.75, 3.05) is 6.54 Å². The summed E-state index contributed by atoms with van der Waals surface area (Å²) in [5, 5.41) is 0.700. The Hall–Kier alpha value is -1.06. The summed E-state index contributed by atoms with van der Waals surface area (Å²) in [6.45, 7) is 2.88. The number of fused-ring (bicyclic) bond motifs is 1. The summed E-state index contributed by atoms with van der Waals surface area (Å²) in [4.78, 5) is 7.85. The van der Waals surface area contributed by atoms with Gasteiger partial charge >= 0.3 is 0 Å². The van der Waals surface area contributed by atoms with Crippen LogP contribution in [0, 0.1) is 0 Å². The van der Waals surface area contributed by atoms with E-state index in [0.29, 0.717) is 10.9 Å². The van der Waals surface area contributed by atoms with Gasteiger partial charge in [0.1, 0.15) is 11.3 Å². The molecule has 0 radical (unpaired) electrons. The van der Waals surface area contributed by atoms with Crippen LogP contribution in [0.25, 0.3) is 11.0 Å². The maximum Gasteiger partial charge on any atom is 0.110 e. The van der Waals surface area contributed by atoms with Crippen molar-refractivity contribution in [3.8, 4) is 0 Å². The number of hydrogen-bond acceptors (Lipinski definition) is 2. The number of halogens is 1. The molecule has 0 fully saturated rings. The molecule has 0 aliphatic heterocycles. The van der Waals surface area contributed by atoms with E-state index in [1.165, 1.54) is 0 Å². The molecule has 2 aromatic rings. The molecule has 1 atom stereocenters. The van der Waals surface area contributed by atoms with E-state index in [1.807, 2.05) is 18.2 Å². The van der Waals surface area contributed by atoms with E-state index >= 15 is 0 Å². The fourth-order valence-electron chi connectivity index (χ4n) is 1.81. The van der Waals surface area contributed by atoms with Crippen molar-refractivity contribution >= 4 is 22.6 Å². The van der Waals surface area contributed by atoms with Gasteiger partial charge in [-0.15, -0.1) is 0 Å². The second-order valence-corrected chi connectivity index (χ2v) is 4.50. The molecule has 0 saturated carbocycles. The standard InChI is InChI=1S/C12H16ClN3/c1-8(4-3-7-14)12-15-10-6-2-5-9(13)11(10)16-12/h2,5-6,8H,3-4,7,14H2,1H3,(H,15,16). The zero-order valence-corrected chi connectivity index (χ0v) is 10.1. The van der Waals surface area contributed by atoms with Gasteiger partial charge in [0, 0.05) is 5.92 Å². The first-order valence-electron chi connectivity index (χ1n) is 5.56. The Morgan fingerprint density at radius 3 is 3.00 bits per heavy atom.